The highest BCUT2D eigenvalue weighted by Crippen LogP contribution is 2.35. The van der Waals surface area contributed by atoms with Crippen LogP contribution in [-0.2, 0) is 26.7 Å². The fourth-order valence-electron chi connectivity index (χ4n) is 3.26. The lowest BCUT2D eigenvalue weighted by atomic mass is 10.0. The zero-order valence-electron chi connectivity index (χ0n) is 12.4. The van der Waals surface area contributed by atoms with E-state index in [4.69, 9.17) is 15.7 Å². The zero-order chi connectivity index (χ0) is 15.9. The summed E-state index contributed by atoms with van der Waals surface area (Å²) >= 11 is 1.70. The molecule has 1 aromatic heterocycles. The monoisotopic (exact) mass is 362 g/mol. The molecule has 1 aliphatic carbocycles. The Bertz CT molecular complexity index is 663. The van der Waals surface area contributed by atoms with Crippen molar-refractivity contribution in [3.8, 4) is 0 Å². The van der Waals surface area contributed by atoms with Crippen LogP contribution in [0, 0.1) is 5.92 Å². The highest BCUT2D eigenvalue weighted by Gasteiger charge is 2.36. The van der Waals surface area contributed by atoms with Gasteiger partial charge in [-0.05, 0) is 32.6 Å². The van der Waals surface area contributed by atoms with E-state index in [1.54, 1.807) is 16.2 Å². The Kier molecular flexibility index (Phi) is 4.49. The fourth-order valence-corrected chi connectivity index (χ4v) is 5.80. The van der Waals surface area contributed by atoms with Crippen LogP contribution in [0.3, 0.4) is 0 Å². The first kappa shape index (κ1) is 16.2. The molecule has 0 saturated carbocycles. The summed E-state index contributed by atoms with van der Waals surface area (Å²) in [6.45, 7) is 2.41. The van der Waals surface area contributed by atoms with Gasteiger partial charge in [-0.3, -0.25) is 4.79 Å². The molecule has 2 aliphatic rings. The number of fused-ring (bicyclic) bond motifs is 1. The minimum Gasteiger partial charge on any atom is -0.333 e. The minimum atomic E-state index is -3.57. The van der Waals surface area contributed by atoms with Gasteiger partial charge in [-0.2, -0.15) is 0 Å². The molecule has 0 aromatic carbocycles. The maximum atomic E-state index is 12.2. The molecule has 1 fully saturated rings. The number of amides is 1. The Balaban J connectivity index is 1.73. The van der Waals surface area contributed by atoms with E-state index in [-0.39, 0.29) is 30.0 Å². The zero-order valence-corrected chi connectivity index (χ0v) is 14.8. The first-order chi connectivity index (χ1) is 10.3. The molecular weight excluding hydrogens is 344 g/mol. The molecular formula is C14H19ClN2O3S2. The Morgan fingerprint density at radius 1 is 1.41 bits per heavy atom. The van der Waals surface area contributed by atoms with Crippen LogP contribution in [0.15, 0.2) is 0 Å². The van der Waals surface area contributed by atoms with Crippen LogP contribution >= 0.6 is 22.0 Å². The number of aryl methyl sites for hydroxylation is 2. The molecule has 2 atom stereocenters. The van der Waals surface area contributed by atoms with E-state index in [0.717, 1.165) is 17.8 Å². The molecule has 5 nitrogen and oxygen atoms in total. The Labute approximate surface area is 139 Å². The number of halogens is 1. The predicted octanol–water partition coefficient (Wildman–Crippen LogP) is 2.50. The number of carbonyl (C=O) groups excluding carboxylic acids is 1. The molecule has 1 aromatic rings. The van der Waals surface area contributed by atoms with Gasteiger partial charge < -0.3 is 4.90 Å². The van der Waals surface area contributed by atoms with Gasteiger partial charge >= 0.3 is 0 Å². The SMILES string of the molecule is CC(c1nc2c(s1)CCCC2)N1CC(CS(=O)(=O)Cl)CC1=O. The maximum absolute atomic E-state index is 12.2. The van der Waals surface area contributed by atoms with Crippen molar-refractivity contribution in [3.05, 3.63) is 15.6 Å². The van der Waals surface area contributed by atoms with Crippen molar-refractivity contribution in [1.82, 2.24) is 9.88 Å². The van der Waals surface area contributed by atoms with Crippen molar-refractivity contribution >= 4 is 37.0 Å². The lowest BCUT2D eigenvalue weighted by Crippen LogP contribution is -2.29. The minimum absolute atomic E-state index is 0.00834. The van der Waals surface area contributed by atoms with Gasteiger partial charge in [0.2, 0.25) is 15.0 Å². The number of rotatable bonds is 4. The van der Waals surface area contributed by atoms with Crippen LogP contribution in [0.25, 0.3) is 0 Å². The molecule has 1 aliphatic heterocycles. The second-order valence-electron chi connectivity index (χ2n) is 6.13. The summed E-state index contributed by atoms with van der Waals surface area (Å²) in [5.74, 6) is -0.365. The number of aromatic nitrogens is 1. The highest BCUT2D eigenvalue weighted by atomic mass is 35.7. The molecule has 0 N–H and O–H groups in total. The maximum Gasteiger partial charge on any atom is 0.232 e. The lowest BCUT2D eigenvalue weighted by molar-refractivity contribution is -0.129. The van der Waals surface area contributed by atoms with Crippen LogP contribution in [-0.4, -0.2) is 36.5 Å². The van der Waals surface area contributed by atoms with Crippen LogP contribution in [0.1, 0.15) is 47.8 Å². The third kappa shape index (κ3) is 3.46. The van der Waals surface area contributed by atoms with E-state index < -0.39 is 9.05 Å². The summed E-state index contributed by atoms with van der Waals surface area (Å²) in [5, 5.41) is 0.967. The van der Waals surface area contributed by atoms with Crippen molar-refractivity contribution in [1.29, 1.82) is 0 Å². The molecule has 1 amide bonds. The van der Waals surface area contributed by atoms with Crippen molar-refractivity contribution in [2.45, 2.75) is 45.1 Å². The van der Waals surface area contributed by atoms with Gasteiger partial charge in [0.1, 0.15) is 5.01 Å². The largest absolute Gasteiger partial charge is 0.333 e. The second kappa shape index (κ2) is 6.09. The topological polar surface area (TPSA) is 67.3 Å². The number of hydrogen-bond donors (Lipinski definition) is 0. The third-order valence-corrected chi connectivity index (χ3v) is 6.94. The Morgan fingerprint density at radius 2 is 2.14 bits per heavy atom. The summed E-state index contributed by atoms with van der Waals surface area (Å²) in [6, 6.07) is -0.0915. The van der Waals surface area contributed by atoms with Crippen molar-refractivity contribution in [2.24, 2.45) is 5.92 Å². The summed E-state index contributed by atoms with van der Waals surface area (Å²) in [4.78, 5) is 20.0. The fraction of sp³-hybridized carbons (Fsp3) is 0.714. The average Bonchev–Trinajstić information content (AvgIpc) is 2.99. The first-order valence-electron chi connectivity index (χ1n) is 7.54. The van der Waals surface area contributed by atoms with Crippen LogP contribution in [0.4, 0.5) is 0 Å². The van der Waals surface area contributed by atoms with Gasteiger partial charge in [-0.25, -0.2) is 13.4 Å². The first-order valence-corrected chi connectivity index (χ1v) is 10.8. The van der Waals surface area contributed by atoms with Gasteiger partial charge in [0.15, 0.2) is 0 Å². The summed E-state index contributed by atoms with van der Waals surface area (Å²) in [5.41, 5.74) is 1.18. The number of carbonyl (C=O) groups is 1. The molecule has 1 saturated heterocycles. The van der Waals surface area contributed by atoms with E-state index >= 15 is 0 Å². The van der Waals surface area contributed by atoms with E-state index in [9.17, 15) is 13.2 Å². The number of thiazole rings is 1. The molecule has 22 heavy (non-hydrogen) atoms. The molecule has 2 unspecified atom stereocenters. The van der Waals surface area contributed by atoms with E-state index in [1.807, 2.05) is 6.92 Å². The third-order valence-electron chi connectivity index (χ3n) is 4.36. The lowest BCUT2D eigenvalue weighted by Gasteiger charge is -2.22. The van der Waals surface area contributed by atoms with Gasteiger partial charge in [-0.15, -0.1) is 11.3 Å². The summed E-state index contributed by atoms with van der Waals surface area (Å²) in [7, 11) is 1.74. The van der Waals surface area contributed by atoms with Gasteiger partial charge in [-0.1, -0.05) is 0 Å². The summed E-state index contributed by atoms with van der Waals surface area (Å²) < 4.78 is 22.4. The normalized spacial score (nSPS) is 23.6. The molecule has 2 heterocycles. The molecule has 0 radical (unpaired) electrons. The standard InChI is InChI=1S/C14H19ClN2O3S2/c1-9(14-16-11-4-2-3-5-12(11)21-14)17-7-10(6-13(17)18)8-22(15,19)20/h9-10H,2-8H2,1H3. The van der Waals surface area contributed by atoms with Gasteiger partial charge in [0.25, 0.3) is 0 Å². The molecule has 8 heteroatoms. The second-order valence-corrected chi connectivity index (χ2v) is 10.1. The average molecular weight is 363 g/mol. The highest BCUT2D eigenvalue weighted by molar-refractivity contribution is 8.13. The van der Waals surface area contributed by atoms with E-state index in [1.165, 1.54) is 23.4 Å². The Morgan fingerprint density at radius 3 is 2.82 bits per heavy atom. The van der Waals surface area contributed by atoms with E-state index in [0.29, 0.717) is 6.54 Å². The van der Waals surface area contributed by atoms with Gasteiger partial charge in [0, 0.05) is 34.4 Å². The molecule has 0 bridgehead atoms. The van der Waals surface area contributed by atoms with Crippen molar-refractivity contribution in [3.63, 3.8) is 0 Å². The van der Waals surface area contributed by atoms with Crippen molar-refractivity contribution in [2.75, 3.05) is 12.3 Å². The van der Waals surface area contributed by atoms with Crippen LogP contribution in [0.2, 0.25) is 0 Å². The quantitative estimate of drug-likeness (QED) is 0.772. The predicted molar refractivity (Wildman–Crippen MR) is 86.6 cm³/mol. The summed E-state index contributed by atoms with van der Waals surface area (Å²) in [6.07, 6.45) is 4.76. The van der Waals surface area contributed by atoms with Crippen LogP contribution < -0.4 is 0 Å². The van der Waals surface area contributed by atoms with E-state index in [2.05, 4.69) is 0 Å². The number of nitrogens with zero attached hydrogens (tertiary/aromatic N) is 2. The van der Waals surface area contributed by atoms with Gasteiger partial charge in [0.05, 0.1) is 17.5 Å². The molecule has 3 rings (SSSR count). The number of likely N-dealkylation sites (tertiary alicyclic amines) is 1. The molecule has 122 valence electrons. The van der Waals surface area contributed by atoms with Crippen molar-refractivity contribution < 1.29 is 13.2 Å². The van der Waals surface area contributed by atoms with Crippen LogP contribution in [0.5, 0.6) is 0 Å². The Hall–Kier alpha value is -0.660. The number of hydrogen-bond acceptors (Lipinski definition) is 5. The smallest absolute Gasteiger partial charge is 0.232 e. The molecule has 0 spiro atoms.